The maximum absolute atomic E-state index is 10.4. The van der Waals surface area contributed by atoms with E-state index in [0.717, 1.165) is 0 Å². The molecule has 0 aliphatic carbocycles. The summed E-state index contributed by atoms with van der Waals surface area (Å²) in [4.78, 5) is 7.85. The van der Waals surface area contributed by atoms with Crippen molar-refractivity contribution < 1.29 is 0 Å². The molecule has 0 bridgehead atoms. The van der Waals surface area contributed by atoms with E-state index in [1.807, 2.05) is 0 Å². The van der Waals surface area contributed by atoms with Gasteiger partial charge in [0, 0.05) is 0 Å². The molecule has 0 amide bonds. The lowest BCUT2D eigenvalue weighted by Crippen LogP contribution is -2.59. The summed E-state index contributed by atoms with van der Waals surface area (Å²) in [6.45, 7) is 0. The monoisotopic (exact) mass is 393 g/mol. The molecule has 0 unspecified atom stereocenters. The molecular weight excluding hydrogens is 397 g/mol. The maximum Gasteiger partial charge on any atom is 0.276 e. The standard InChI is InChI=1S/C4Cl9NO/c5-1(2(6,7)8,3(9,10)11)4(12,13)14-15. The number of hydrogen-bond acceptors (Lipinski definition) is 2. The van der Waals surface area contributed by atoms with Crippen LogP contribution in [-0.2, 0) is 0 Å². The molecule has 90 valence electrons. The number of halogens is 9. The van der Waals surface area contributed by atoms with E-state index >= 15 is 0 Å². The van der Waals surface area contributed by atoms with Crippen LogP contribution in [0.1, 0.15) is 0 Å². The van der Waals surface area contributed by atoms with Crippen molar-refractivity contribution in [1.29, 1.82) is 0 Å². The van der Waals surface area contributed by atoms with Gasteiger partial charge >= 0.3 is 0 Å². The third-order valence-electron chi connectivity index (χ3n) is 1.31. The zero-order chi connectivity index (χ0) is 12.7. The van der Waals surface area contributed by atoms with Gasteiger partial charge in [0.15, 0.2) is 4.87 Å². The number of rotatable bonds is 2. The first-order valence-corrected chi connectivity index (χ1v) is 6.26. The molecular formula is C4Cl9NO. The van der Waals surface area contributed by atoms with Crippen LogP contribution >= 0.6 is 104 Å². The van der Waals surface area contributed by atoms with E-state index in [9.17, 15) is 4.91 Å². The van der Waals surface area contributed by atoms with E-state index < -0.39 is 16.9 Å². The van der Waals surface area contributed by atoms with E-state index in [1.165, 1.54) is 0 Å². The molecule has 0 aromatic heterocycles. The van der Waals surface area contributed by atoms with Gasteiger partial charge in [0.05, 0.1) is 0 Å². The lowest BCUT2D eigenvalue weighted by atomic mass is 10.2. The Balaban J connectivity index is 5.75. The number of nitrogens with zero attached hydrogens (tertiary/aromatic N) is 1. The maximum atomic E-state index is 10.4. The van der Waals surface area contributed by atoms with Crippen molar-refractivity contribution in [3.63, 3.8) is 0 Å². The zero-order valence-corrected chi connectivity index (χ0v) is 13.1. The highest BCUT2D eigenvalue weighted by Crippen LogP contribution is 2.63. The molecule has 0 radical (unpaired) electrons. The smallest absolute Gasteiger partial charge is 0.147 e. The summed E-state index contributed by atoms with van der Waals surface area (Å²) < 4.78 is -7.54. The van der Waals surface area contributed by atoms with Crippen LogP contribution in [0, 0.1) is 4.91 Å². The fourth-order valence-electron chi connectivity index (χ4n) is 0.565. The predicted molar refractivity (Wildman–Crippen MR) is 69.4 cm³/mol. The fourth-order valence-corrected chi connectivity index (χ4v) is 3.85. The van der Waals surface area contributed by atoms with Crippen LogP contribution in [0.5, 0.6) is 0 Å². The van der Waals surface area contributed by atoms with Crippen LogP contribution < -0.4 is 0 Å². The molecule has 0 aliphatic heterocycles. The van der Waals surface area contributed by atoms with Crippen molar-refractivity contribution >= 4 is 104 Å². The summed E-state index contributed by atoms with van der Waals surface area (Å²) in [5.74, 6) is 0. The minimum absolute atomic E-state index is 2.27. The average molecular weight is 397 g/mol. The van der Waals surface area contributed by atoms with Crippen molar-refractivity contribution in [1.82, 2.24) is 0 Å². The quantitative estimate of drug-likeness (QED) is 0.339. The highest BCUT2D eigenvalue weighted by molar-refractivity contribution is 6.80. The minimum Gasteiger partial charge on any atom is -0.147 e. The van der Waals surface area contributed by atoms with Crippen LogP contribution in [0.4, 0.5) is 0 Å². The molecule has 0 aliphatic rings. The molecule has 0 N–H and O–H groups in total. The van der Waals surface area contributed by atoms with Crippen molar-refractivity contribution in [2.75, 3.05) is 0 Å². The topological polar surface area (TPSA) is 29.4 Å². The predicted octanol–water partition coefficient (Wildman–Crippen LogP) is 5.60. The molecule has 0 fully saturated rings. The summed E-state index contributed by atoms with van der Waals surface area (Å²) in [5.41, 5.74) is 0. The molecule has 0 saturated carbocycles. The van der Waals surface area contributed by atoms with Gasteiger partial charge in [0.2, 0.25) is 7.59 Å². The van der Waals surface area contributed by atoms with Crippen LogP contribution in [0.3, 0.4) is 0 Å². The van der Waals surface area contributed by atoms with Crippen LogP contribution in [0.25, 0.3) is 0 Å². The van der Waals surface area contributed by atoms with Crippen molar-refractivity contribution in [2.45, 2.75) is 16.9 Å². The highest BCUT2D eigenvalue weighted by Gasteiger charge is 2.72. The second-order valence-corrected chi connectivity index (χ2v) is 8.70. The molecule has 2 nitrogen and oxygen atoms in total. The Morgan fingerprint density at radius 1 is 0.667 bits per heavy atom. The largest absolute Gasteiger partial charge is 0.276 e. The van der Waals surface area contributed by atoms with Gasteiger partial charge in [0.25, 0.3) is 4.46 Å². The summed E-state index contributed by atoms with van der Waals surface area (Å²) in [7, 11) is 0. The van der Waals surface area contributed by atoms with Gasteiger partial charge in [-0.05, 0) is 5.18 Å². The Bertz CT molecular complexity index is 238. The molecule has 15 heavy (non-hydrogen) atoms. The van der Waals surface area contributed by atoms with Crippen LogP contribution in [0.15, 0.2) is 5.18 Å². The molecule has 0 spiro atoms. The second kappa shape index (κ2) is 5.07. The highest BCUT2D eigenvalue weighted by atomic mass is 35.6. The molecule has 11 heteroatoms. The van der Waals surface area contributed by atoms with Gasteiger partial charge in [-0.25, -0.2) is 0 Å². The third kappa shape index (κ3) is 3.15. The van der Waals surface area contributed by atoms with Crippen molar-refractivity contribution in [3.8, 4) is 0 Å². The Kier molecular flexibility index (Phi) is 5.81. The summed E-state index contributed by atoms with van der Waals surface area (Å²) >= 11 is 49.4. The summed E-state index contributed by atoms with van der Waals surface area (Å²) in [6.07, 6.45) is 0. The Labute approximate surface area is 130 Å². The first-order valence-electron chi connectivity index (χ1n) is 2.86. The van der Waals surface area contributed by atoms with Crippen molar-refractivity contribution in [3.05, 3.63) is 4.91 Å². The van der Waals surface area contributed by atoms with E-state index in [2.05, 4.69) is 5.18 Å². The fraction of sp³-hybridized carbons (Fsp3) is 1.00. The third-order valence-corrected chi connectivity index (χ3v) is 5.33. The van der Waals surface area contributed by atoms with Gasteiger partial charge < -0.3 is 0 Å². The summed E-state index contributed by atoms with van der Waals surface area (Å²) in [5, 5.41) is 2.27. The number of nitroso groups, excluding NO2 is 1. The molecule has 0 aromatic carbocycles. The Hall–Kier alpha value is 2.21. The lowest BCUT2D eigenvalue weighted by molar-refractivity contribution is 0.527. The van der Waals surface area contributed by atoms with Gasteiger partial charge in [-0.1, -0.05) is 92.8 Å². The molecule has 0 atom stereocenters. The lowest BCUT2D eigenvalue weighted by Gasteiger charge is -2.42. The first kappa shape index (κ1) is 17.2. The molecule has 0 saturated heterocycles. The average Bonchev–Trinajstić information content (AvgIpc) is 1.98. The van der Waals surface area contributed by atoms with E-state index in [0.29, 0.717) is 0 Å². The number of hydrogen-bond donors (Lipinski definition) is 0. The zero-order valence-electron chi connectivity index (χ0n) is 6.26. The van der Waals surface area contributed by atoms with E-state index in [4.69, 9.17) is 104 Å². The normalized spacial score (nSPS) is 15.3. The minimum atomic E-state index is -2.65. The Morgan fingerprint density at radius 2 is 0.933 bits per heavy atom. The van der Waals surface area contributed by atoms with Gasteiger partial charge in [0.1, 0.15) is 0 Å². The number of alkyl halides is 9. The Morgan fingerprint density at radius 3 is 1.00 bits per heavy atom. The molecule has 0 heterocycles. The van der Waals surface area contributed by atoms with E-state index in [-0.39, 0.29) is 0 Å². The second-order valence-electron chi connectivity index (χ2n) is 2.29. The van der Waals surface area contributed by atoms with Crippen LogP contribution in [-0.4, -0.2) is 16.9 Å². The first-order chi connectivity index (χ1) is 6.31. The molecule has 0 aromatic rings. The van der Waals surface area contributed by atoms with Crippen LogP contribution in [0.2, 0.25) is 0 Å². The van der Waals surface area contributed by atoms with Crippen molar-refractivity contribution in [2.24, 2.45) is 5.18 Å². The van der Waals surface area contributed by atoms with Gasteiger partial charge in [-0.3, -0.25) is 0 Å². The molecule has 0 rings (SSSR count). The SMILES string of the molecule is O=NC(Cl)(Cl)C(Cl)(C(Cl)(Cl)Cl)C(Cl)(Cl)Cl. The van der Waals surface area contributed by atoms with Gasteiger partial charge in [-0.15, -0.1) is 16.5 Å². The van der Waals surface area contributed by atoms with Gasteiger partial charge in [-0.2, -0.15) is 0 Å². The van der Waals surface area contributed by atoms with E-state index in [1.54, 1.807) is 0 Å². The summed E-state index contributed by atoms with van der Waals surface area (Å²) in [6, 6.07) is 0.